The number of hydrogen-bond acceptors (Lipinski definition) is 3. The van der Waals surface area contributed by atoms with Crippen molar-refractivity contribution in [3.05, 3.63) is 23.9 Å². The Hall–Kier alpha value is -1.51. The summed E-state index contributed by atoms with van der Waals surface area (Å²) in [7, 11) is 1.62. The van der Waals surface area contributed by atoms with Gasteiger partial charge in [-0.05, 0) is 18.6 Å². The molecular weight excluding hydrogens is 154 g/mol. The molecule has 0 saturated heterocycles. The molecule has 0 N–H and O–H groups in total. The Kier molecular flexibility index (Phi) is 1.50. The molecule has 0 spiro atoms. The summed E-state index contributed by atoms with van der Waals surface area (Å²) in [5, 5.41) is 4.72. The van der Waals surface area contributed by atoms with Crippen LogP contribution in [-0.4, -0.2) is 12.3 Å². The molecule has 0 radical (unpaired) electrons. The van der Waals surface area contributed by atoms with E-state index in [9.17, 15) is 0 Å². The van der Waals surface area contributed by atoms with Crippen molar-refractivity contribution < 1.29 is 9.26 Å². The van der Waals surface area contributed by atoms with Crippen LogP contribution in [0.5, 0.6) is 5.75 Å². The fourth-order valence-electron chi connectivity index (χ4n) is 1.23. The molecule has 0 aliphatic rings. The topological polar surface area (TPSA) is 35.3 Å². The van der Waals surface area contributed by atoms with E-state index < -0.39 is 0 Å². The third kappa shape index (κ3) is 0.863. The predicted octanol–water partition coefficient (Wildman–Crippen LogP) is 2.14. The van der Waals surface area contributed by atoms with Crippen LogP contribution < -0.4 is 4.74 Å². The Morgan fingerprint density at radius 3 is 3.00 bits per heavy atom. The lowest BCUT2D eigenvalue weighted by Crippen LogP contribution is -1.83. The van der Waals surface area contributed by atoms with Gasteiger partial charge in [0, 0.05) is 5.39 Å². The van der Waals surface area contributed by atoms with Crippen molar-refractivity contribution in [2.45, 2.75) is 6.92 Å². The standard InChI is InChI=1S/C9H9NO2/c1-6-3-4-8(11-2)9-7(6)5-10-12-9/h3-5H,1-2H3. The minimum Gasteiger partial charge on any atom is -0.493 e. The summed E-state index contributed by atoms with van der Waals surface area (Å²) in [6.45, 7) is 2.01. The average molecular weight is 163 g/mol. The highest BCUT2D eigenvalue weighted by atomic mass is 16.5. The normalized spacial score (nSPS) is 10.5. The first-order chi connectivity index (χ1) is 5.83. The van der Waals surface area contributed by atoms with Crippen molar-refractivity contribution in [3.8, 4) is 5.75 Å². The highest BCUT2D eigenvalue weighted by Crippen LogP contribution is 2.27. The summed E-state index contributed by atoms with van der Waals surface area (Å²) < 4.78 is 10.2. The van der Waals surface area contributed by atoms with Gasteiger partial charge in [-0.1, -0.05) is 11.2 Å². The van der Waals surface area contributed by atoms with Crippen LogP contribution in [0.1, 0.15) is 5.56 Å². The first kappa shape index (κ1) is 7.16. The van der Waals surface area contributed by atoms with Crippen LogP contribution in [0.15, 0.2) is 22.9 Å². The van der Waals surface area contributed by atoms with Gasteiger partial charge in [0.2, 0.25) is 5.58 Å². The molecule has 12 heavy (non-hydrogen) atoms. The summed E-state index contributed by atoms with van der Waals surface area (Å²) in [5.74, 6) is 0.730. The van der Waals surface area contributed by atoms with Crippen LogP contribution in [0.25, 0.3) is 11.0 Å². The lowest BCUT2D eigenvalue weighted by molar-refractivity contribution is 0.393. The second kappa shape index (κ2) is 2.52. The van der Waals surface area contributed by atoms with Gasteiger partial charge in [0.05, 0.1) is 13.3 Å². The van der Waals surface area contributed by atoms with Gasteiger partial charge in [-0.15, -0.1) is 0 Å². The van der Waals surface area contributed by atoms with E-state index in [1.807, 2.05) is 19.1 Å². The molecule has 0 aliphatic heterocycles. The zero-order chi connectivity index (χ0) is 8.55. The van der Waals surface area contributed by atoms with Crippen LogP contribution in [0.2, 0.25) is 0 Å². The van der Waals surface area contributed by atoms with E-state index in [4.69, 9.17) is 9.26 Å². The zero-order valence-corrected chi connectivity index (χ0v) is 7.00. The molecule has 0 saturated carbocycles. The number of benzene rings is 1. The van der Waals surface area contributed by atoms with E-state index in [1.165, 1.54) is 0 Å². The molecule has 2 aromatic rings. The van der Waals surface area contributed by atoms with E-state index in [0.717, 1.165) is 22.3 Å². The number of hydrogen-bond donors (Lipinski definition) is 0. The van der Waals surface area contributed by atoms with Crippen LogP contribution in [0.4, 0.5) is 0 Å². The summed E-state index contributed by atoms with van der Waals surface area (Å²) in [4.78, 5) is 0. The Balaban J connectivity index is 2.82. The summed E-state index contributed by atoms with van der Waals surface area (Å²) in [6.07, 6.45) is 1.70. The predicted molar refractivity (Wildman–Crippen MR) is 45.3 cm³/mol. The molecule has 3 nitrogen and oxygen atoms in total. The van der Waals surface area contributed by atoms with Crippen molar-refractivity contribution in [2.75, 3.05) is 7.11 Å². The van der Waals surface area contributed by atoms with Crippen LogP contribution in [0, 0.1) is 6.92 Å². The maximum absolute atomic E-state index is 5.11. The number of aryl methyl sites for hydroxylation is 1. The smallest absolute Gasteiger partial charge is 0.208 e. The molecule has 0 unspecified atom stereocenters. The van der Waals surface area contributed by atoms with E-state index in [1.54, 1.807) is 13.3 Å². The molecule has 0 atom stereocenters. The van der Waals surface area contributed by atoms with Crippen LogP contribution in [0.3, 0.4) is 0 Å². The lowest BCUT2D eigenvalue weighted by atomic mass is 10.1. The molecule has 3 heteroatoms. The first-order valence-corrected chi connectivity index (χ1v) is 3.71. The fraction of sp³-hybridized carbons (Fsp3) is 0.222. The van der Waals surface area contributed by atoms with Gasteiger partial charge in [-0.2, -0.15) is 0 Å². The van der Waals surface area contributed by atoms with Crippen LogP contribution in [-0.2, 0) is 0 Å². The highest BCUT2D eigenvalue weighted by Gasteiger charge is 2.07. The number of methoxy groups -OCH3 is 1. The molecule has 1 aromatic carbocycles. The Bertz CT molecular complexity index is 406. The molecule has 1 aromatic heterocycles. The Morgan fingerprint density at radius 1 is 1.42 bits per heavy atom. The minimum atomic E-state index is 0.720. The Morgan fingerprint density at radius 2 is 2.25 bits per heavy atom. The van der Waals surface area contributed by atoms with Gasteiger partial charge in [0.15, 0.2) is 5.75 Å². The molecule has 0 bridgehead atoms. The third-order valence-corrected chi connectivity index (χ3v) is 1.92. The quantitative estimate of drug-likeness (QED) is 0.646. The second-order valence-corrected chi connectivity index (χ2v) is 2.65. The van der Waals surface area contributed by atoms with Crippen LogP contribution >= 0.6 is 0 Å². The number of rotatable bonds is 1. The summed E-state index contributed by atoms with van der Waals surface area (Å²) in [5.41, 5.74) is 1.87. The molecule has 62 valence electrons. The average Bonchev–Trinajstić information content (AvgIpc) is 2.54. The number of nitrogens with zero attached hydrogens (tertiary/aromatic N) is 1. The largest absolute Gasteiger partial charge is 0.493 e. The highest BCUT2D eigenvalue weighted by molar-refractivity contribution is 5.85. The van der Waals surface area contributed by atoms with Gasteiger partial charge in [-0.25, -0.2) is 0 Å². The molecule has 0 amide bonds. The van der Waals surface area contributed by atoms with E-state index in [-0.39, 0.29) is 0 Å². The number of ether oxygens (including phenoxy) is 1. The SMILES string of the molecule is COc1ccc(C)c2cnoc12. The summed E-state index contributed by atoms with van der Waals surface area (Å²) >= 11 is 0. The van der Waals surface area contributed by atoms with Gasteiger partial charge in [-0.3, -0.25) is 0 Å². The summed E-state index contributed by atoms with van der Waals surface area (Å²) in [6, 6.07) is 3.86. The monoisotopic (exact) mass is 163 g/mol. The van der Waals surface area contributed by atoms with Crippen molar-refractivity contribution >= 4 is 11.0 Å². The fourth-order valence-corrected chi connectivity index (χ4v) is 1.23. The maximum Gasteiger partial charge on any atom is 0.208 e. The zero-order valence-electron chi connectivity index (χ0n) is 7.00. The van der Waals surface area contributed by atoms with Gasteiger partial charge < -0.3 is 9.26 Å². The number of fused-ring (bicyclic) bond motifs is 1. The molecule has 0 fully saturated rings. The molecule has 1 heterocycles. The van der Waals surface area contributed by atoms with Crippen molar-refractivity contribution in [2.24, 2.45) is 0 Å². The minimum absolute atomic E-state index is 0.720. The van der Waals surface area contributed by atoms with E-state index >= 15 is 0 Å². The molecule has 0 aliphatic carbocycles. The van der Waals surface area contributed by atoms with Gasteiger partial charge in [0.25, 0.3) is 0 Å². The van der Waals surface area contributed by atoms with E-state index in [2.05, 4.69) is 5.16 Å². The van der Waals surface area contributed by atoms with Crippen molar-refractivity contribution in [1.29, 1.82) is 0 Å². The molecular formula is C9H9NO2. The van der Waals surface area contributed by atoms with E-state index in [0.29, 0.717) is 0 Å². The van der Waals surface area contributed by atoms with Crippen molar-refractivity contribution in [1.82, 2.24) is 5.16 Å². The van der Waals surface area contributed by atoms with Gasteiger partial charge in [0.1, 0.15) is 0 Å². The number of aromatic nitrogens is 1. The van der Waals surface area contributed by atoms with Crippen molar-refractivity contribution in [3.63, 3.8) is 0 Å². The Labute approximate surface area is 69.9 Å². The first-order valence-electron chi connectivity index (χ1n) is 3.71. The molecule has 2 rings (SSSR count). The van der Waals surface area contributed by atoms with Gasteiger partial charge >= 0.3 is 0 Å². The third-order valence-electron chi connectivity index (χ3n) is 1.92. The maximum atomic E-state index is 5.11. The lowest BCUT2D eigenvalue weighted by Gasteiger charge is -1.99. The second-order valence-electron chi connectivity index (χ2n) is 2.65.